The molecule has 0 saturated heterocycles. The van der Waals surface area contributed by atoms with Gasteiger partial charge >= 0.3 is 0 Å². The molecule has 4 rings (SSSR count). The average Bonchev–Trinajstić information content (AvgIpc) is 3.49. The van der Waals surface area contributed by atoms with Crippen LogP contribution in [0.1, 0.15) is 55.7 Å². The highest BCUT2D eigenvalue weighted by Gasteiger charge is 2.34. The number of ether oxygens (including phenoxy) is 1. The van der Waals surface area contributed by atoms with Crippen molar-refractivity contribution in [3.63, 3.8) is 0 Å². The van der Waals surface area contributed by atoms with Crippen LogP contribution in [0.25, 0.3) is 0 Å². The molecule has 1 aliphatic rings. The monoisotopic (exact) mass is 591 g/mol. The van der Waals surface area contributed by atoms with Gasteiger partial charge in [-0.15, -0.1) is 0 Å². The first-order chi connectivity index (χ1) is 20.1. The molecule has 42 heavy (non-hydrogen) atoms. The lowest BCUT2D eigenvalue weighted by Gasteiger charge is -2.34. The number of nitrogens with one attached hydrogen (secondary N) is 1. The van der Waals surface area contributed by atoms with E-state index in [1.54, 1.807) is 49.6 Å². The van der Waals surface area contributed by atoms with Crippen LogP contribution in [0.4, 0.5) is 5.69 Å². The molecule has 1 N–H and O–H groups in total. The molecule has 3 aromatic carbocycles. The fraction of sp³-hybridized carbons (Fsp3) is 0.394. The van der Waals surface area contributed by atoms with Crippen molar-refractivity contribution in [2.75, 3.05) is 18.0 Å². The van der Waals surface area contributed by atoms with Crippen LogP contribution in [0, 0.1) is 13.8 Å². The largest absolute Gasteiger partial charge is 0.497 e. The topological polar surface area (TPSA) is 96.0 Å². The molecule has 224 valence electrons. The summed E-state index contributed by atoms with van der Waals surface area (Å²) < 4.78 is 34.6. The van der Waals surface area contributed by atoms with E-state index in [1.807, 2.05) is 51.1 Å². The quantitative estimate of drug-likeness (QED) is 0.305. The summed E-state index contributed by atoms with van der Waals surface area (Å²) in [5, 5.41) is 3.14. The van der Waals surface area contributed by atoms with Crippen molar-refractivity contribution in [3.8, 4) is 5.75 Å². The Balaban J connectivity index is 1.72. The number of rotatable bonds is 12. The van der Waals surface area contributed by atoms with E-state index < -0.39 is 28.5 Å². The Morgan fingerprint density at radius 2 is 1.64 bits per heavy atom. The van der Waals surface area contributed by atoms with Gasteiger partial charge in [-0.2, -0.15) is 0 Å². The number of amides is 2. The highest BCUT2D eigenvalue weighted by molar-refractivity contribution is 7.92. The third-order valence-electron chi connectivity index (χ3n) is 7.75. The Labute approximate surface area is 249 Å². The second-order valence-electron chi connectivity index (χ2n) is 11.0. The minimum atomic E-state index is -4.11. The molecule has 1 saturated carbocycles. The first kappa shape index (κ1) is 31.1. The first-order valence-electron chi connectivity index (χ1n) is 14.5. The molecule has 0 spiro atoms. The zero-order chi connectivity index (χ0) is 30.3. The van der Waals surface area contributed by atoms with Gasteiger partial charge in [0.2, 0.25) is 11.8 Å². The summed E-state index contributed by atoms with van der Waals surface area (Å²) >= 11 is 0. The summed E-state index contributed by atoms with van der Waals surface area (Å²) in [6.07, 6.45) is 4.35. The van der Waals surface area contributed by atoms with Gasteiger partial charge in [0, 0.05) is 12.6 Å². The second kappa shape index (κ2) is 13.9. The second-order valence-corrected chi connectivity index (χ2v) is 12.8. The SMILES string of the molecule is CCC(C(=O)NC1CCCC1)N(Cc1cccc(OC)c1)C(=O)CN(c1cccc(C)c1)S(=O)(=O)c1ccc(C)cc1. The number of nitrogens with zero attached hydrogens (tertiary/aromatic N) is 2. The predicted molar refractivity (Wildman–Crippen MR) is 165 cm³/mol. The molecule has 8 nitrogen and oxygen atoms in total. The van der Waals surface area contributed by atoms with Gasteiger partial charge in [0.25, 0.3) is 10.0 Å². The average molecular weight is 592 g/mol. The van der Waals surface area contributed by atoms with Crippen molar-refractivity contribution >= 4 is 27.5 Å². The van der Waals surface area contributed by atoms with E-state index in [9.17, 15) is 18.0 Å². The van der Waals surface area contributed by atoms with E-state index in [0.29, 0.717) is 17.9 Å². The van der Waals surface area contributed by atoms with Crippen molar-refractivity contribution in [2.45, 2.75) is 76.4 Å². The summed E-state index contributed by atoms with van der Waals surface area (Å²) in [4.78, 5) is 29.4. The summed E-state index contributed by atoms with van der Waals surface area (Å²) in [6.45, 7) is 5.29. The molecular weight excluding hydrogens is 550 g/mol. The normalized spacial score (nSPS) is 14.3. The number of benzene rings is 3. The number of sulfonamides is 1. The van der Waals surface area contributed by atoms with Crippen LogP contribution in [0.15, 0.2) is 77.7 Å². The molecule has 0 bridgehead atoms. The highest BCUT2D eigenvalue weighted by Crippen LogP contribution is 2.26. The van der Waals surface area contributed by atoms with Crippen molar-refractivity contribution < 1.29 is 22.7 Å². The Hall–Kier alpha value is -3.85. The zero-order valence-electron chi connectivity index (χ0n) is 24.9. The number of hydrogen-bond acceptors (Lipinski definition) is 5. The van der Waals surface area contributed by atoms with Crippen molar-refractivity contribution in [1.82, 2.24) is 10.2 Å². The van der Waals surface area contributed by atoms with Gasteiger partial charge in [-0.3, -0.25) is 13.9 Å². The van der Waals surface area contributed by atoms with Crippen LogP contribution in [-0.4, -0.2) is 50.9 Å². The molecule has 0 aliphatic heterocycles. The van der Waals surface area contributed by atoms with Crippen molar-refractivity contribution in [1.29, 1.82) is 0 Å². The lowest BCUT2D eigenvalue weighted by Crippen LogP contribution is -2.53. The van der Waals surface area contributed by atoms with Gasteiger partial charge < -0.3 is 15.0 Å². The van der Waals surface area contributed by atoms with Crippen molar-refractivity contribution in [3.05, 3.63) is 89.5 Å². The van der Waals surface area contributed by atoms with Crippen molar-refractivity contribution in [2.24, 2.45) is 0 Å². The standard InChI is InChI=1S/C33H41N3O5S/c1-5-31(33(38)34-27-12-6-7-13-27)35(22-26-11-9-15-29(21-26)41-4)32(37)23-36(28-14-8-10-25(3)20-28)42(39,40)30-18-16-24(2)17-19-30/h8-11,14-21,27,31H,5-7,12-13,22-23H2,1-4H3,(H,34,38). The number of hydrogen-bond donors (Lipinski definition) is 1. The zero-order valence-corrected chi connectivity index (χ0v) is 25.7. The van der Waals surface area contributed by atoms with Gasteiger partial charge in [-0.05, 0) is 80.6 Å². The molecule has 0 heterocycles. The number of anilines is 1. The number of carbonyl (C=O) groups is 2. The molecule has 2 amide bonds. The smallest absolute Gasteiger partial charge is 0.264 e. The van der Waals surface area contributed by atoms with Crippen LogP contribution in [-0.2, 0) is 26.2 Å². The third-order valence-corrected chi connectivity index (χ3v) is 9.54. The van der Waals surface area contributed by atoms with E-state index in [2.05, 4.69) is 5.32 Å². The molecule has 0 radical (unpaired) electrons. The summed E-state index contributed by atoms with van der Waals surface area (Å²) in [5.74, 6) is -0.0562. The maximum atomic E-state index is 14.3. The maximum absolute atomic E-state index is 14.3. The number of carbonyl (C=O) groups excluding carboxylic acids is 2. The van der Waals surface area contributed by atoms with Gasteiger partial charge in [0.1, 0.15) is 18.3 Å². The Morgan fingerprint density at radius 1 is 0.952 bits per heavy atom. The summed E-state index contributed by atoms with van der Waals surface area (Å²) in [5.41, 5.74) is 2.95. The highest BCUT2D eigenvalue weighted by atomic mass is 32.2. The Morgan fingerprint density at radius 3 is 2.29 bits per heavy atom. The third kappa shape index (κ3) is 7.50. The predicted octanol–water partition coefficient (Wildman–Crippen LogP) is 5.37. The molecule has 1 aliphatic carbocycles. The van der Waals surface area contributed by atoms with Gasteiger partial charge in [0.15, 0.2) is 0 Å². The van der Waals surface area contributed by atoms with Crippen LogP contribution in [0.3, 0.4) is 0 Å². The maximum Gasteiger partial charge on any atom is 0.264 e. The molecule has 9 heteroatoms. The number of methoxy groups -OCH3 is 1. The van der Waals surface area contributed by atoms with Crippen LogP contribution in [0.5, 0.6) is 5.75 Å². The fourth-order valence-corrected chi connectivity index (χ4v) is 6.81. The first-order valence-corrected chi connectivity index (χ1v) is 15.9. The minimum Gasteiger partial charge on any atom is -0.497 e. The van der Waals surface area contributed by atoms with Crippen LogP contribution >= 0.6 is 0 Å². The van der Waals surface area contributed by atoms with E-state index in [1.165, 1.54) is 4.90 Å². The lowest BCUT2D eigenvalue weighted by molar-refractivity contribution is -0.140. The Bertz CT molecular complexity index is 1480. The van der Waals surface area contributed by atoms with Crippen LogP contribution in [0.2, 0.25) is 0 Å². The molecule has 1 unspecified atom stereocenters. The Kier molecular flexibility index (Phi) is 10.3. The molecule has 0 aromatic heterocycles. The molecule has 1 fully saturated rings. The van der Waals surface area contributed by atoms with Gasteiger partial charge in [-0.1, -0.05) is 61.7 Å². The van der Waals surface area contributed by atoms with E-state index in [-0.39, 0.29) is 23.4 Å². The van der Waals surface area contributed by atoms with E-state index in [4.69, 9.17) is 4.74 Å². The summed E-state index contributed by atoms with van der Waals surface area (Å²) in [7, 11) is -2.53. The lowest BCUT2D eigenvalue weighted by atomic mass is 10.1. The van der Waals surface area contributed by atoms with Gasteiger partial charge in [-0.25, -0.2) is 8.42 Å². The molecule has 1 atom stereocenters. The van der Waals surface area contributed by atoms with E-state index in [0.717, 1.165) is 46.7 Å². The molecule has 3 aromatic rings. The summed E-state index contributed by atoms with van der Waals surface area (Å²) in [6, 6.07) is 20.3. The minimum absolute atomic E-state index is 0.0889. The fourth-order valence-electron chi connectivity index (χ4n) is 5.40. The van der Waals surface area contributed by atoms with Crippen LogP contribution < -0.4 is 14.4 Å². The molecular formula is C33H41N3O5S. The number of aryl methyl sites for hydroxylation is 2. The van der Waals surface area contributed by atoms with E-state index >= 15 is 0 Å². The van der Waals surface area contributed by atoms with Gasteiger partial charge in [0.05, 0.1) is 17.7 Å².